The van der Waals surface area contributed by atoms with E-state index >= 15 is 0 Å². The van der Waals surface area contributed by atoms with Crippen LogP contribution in [0, 0.1) is 0 Å². The number of alkyl halides is 4. The smallest absolute Gasteiger partial charge is 0.299 e. The molecule has 2 fully saturated rings. The van der Waals surface area contributed by atoms with Crippen LogP contribution in [0.1, 0.15) is 12.0 Å². The molecule has 0 aromatic heterocycles. The molecule has 0 saturated carbocycles. The van der Waals surface area contributed by atoms with Gasteiger partial charge in [-0.05, 0) is 23.5 Å². The van der Waals surface area contributed by atoms with Gasteiger partial charge in [-0.15, -0.1) is 23.5 Å². The third-order valence-electron chi connectivity index (χ3n) is 4.18. The molecule has 1 aromatic carbocycles. The molecule has 1 N–H and O–H groups in total. The van der Waals surface area contributed by atoms with Gasteiger partial charge in [-0.25, -0.2) is 10.4 Å². The molecule has 9 heteroatoms. The maximum Gasteiger partial charge on any atom is 0.346 e. The Bertz CT molecular complexity index is 564. The highest BCUT2D eigenvalue weighted by molar-refractivity contribution is 8.17. The van der Waals surface area contributed by atoms with Gasteiger partial charge in [-0.2, -0.15) is 8.78 Å². The number of nitrogens with zero attached hydrogens (tertiary/aromatic N) is 1. The lowest BCUT2D eigenvalue weighted by Crippen LogP contribution is -2.57. The van der Waals surface area contributed by atoms with Crippen LogP contribution in [0.4, 0.5) is 8.78 Å². The SMILES string of the molecule is CN1NC(c2ccccc2)(C2SCCCS2)C(Cl)(Cl)C1OC(F)F. The van der Waals surface area contributed by atoms with Crippen molar-refractivity contribution in [2.24, 2.45) is 0 Å². The molecular formula is C15H18Cl2F2N2OS2. The van der Waals surface area contributed by atoms with E-state index in [9.17, 15) is 8.78 Å². The lowest BCUT2D eigenvalue weighted by Gasteiger charge is -2.44. The van der Waals surface area contributed by atoms with Gasteiger partial charge in [0.15, 0.2) is 10.6 Å². The van der Waals surface area contributed by atoms with E-state index in [0.717, 1.165) is 23.5 Å². The number of hydrazine groups is 1. The van der Waals surface area contributed by atoms with Gasteiger partial charge in [0.25, 0.3) is 0 Å². The van der Waals surface area contributed by atoms with Crippen molar-refractivity contribution >= 4 is 46.7 Å². The summed E-state index contributed by atoms with van der Waals surface area (Å²) in [6, 6.07) is 9.51. The third kappa shape index (κ3) is 3.17. The predicted octanol–water partition coefficient (Wildman–Crippen LogP) is 4.27. The predicted molar refractivity (Wildman–Crippen MR) is 97.7 cm³/mol. The van der Waals surface area contributed by atoms with Gasteiger partial charge < -0.3 is 0 Å². The maximum atomic E-state index is 12.9. The van der Waals surface area contributed by atoms with E-state index < -0.39 is 22.7 Å². The van der Waals surface area contributed by atoms with Crippen LogP contribution in [-0.4, -0.2) is 45.3 Å². The Morgan fingerprint density at radius 2 is 1.88 bits per heavy atom. The molecule has 0 spiro atoms. The zero-order chi connectivity index (χ0) is 17.4. The highest BCUT2D eigenvalue weighted by atomic mass is 35.5. The summed E-state index contributed by atoms with van der Waals surface area (Å²) in [5, 5.41) is 1.45. The Balaban J connectivity index is 2.08. The zero-order valence-corrected chi connectivity index (χ0v) is 16.1. The van der Waals surface area contributed by atoms with Crippen LogP contribution in [0.2, 0.25) is 0 Å². The second-order valence-corrected chi connectivity index (χ2v) is 9.81. The summed E-state index contributed by atoms with van der Waals surface area (Å²) in [5.41, 5.74) is 3.18. The lowest BCUT2D eigenvalue weighted by molar-refractivity contribution is -0.197. The van der Waals surface area contributed by atoms with Gasteiger partial charge in [0.1, 0.15) is 5.54 Å². The molecule has 3 nitrogen and oxygen atoms in total. The number of thioether (sulfide) groups is 2. The Hall–Kier alpha value is 0.240. The van der Waals surface area contributed by atoms with Crippen LogP contribution < -0.4 is 5.43 Å². The van der Waals surface area contributed by atoms with Gasteiger partial charge in [-0.3, -0.25) is 4.74 Å². The summed E-state index contributed by atoms with van der Waals surface area (Å²) in [6.07, 6.45) is -0.0784. The first-order chi connectivity index (χ1) is 11.4. The maximum absolute atomic E-state index is 12.9. The molecule has 2 aliphatic rings. The molecular weight excluding hydrogens is 397 g/mol. The van der Waals surface area contributed by atoms with Crippen LogP contribution in [-0.2, 0) is 10.3 Å². The molecule has 3 rings (SSSR count). The molecule has 134 valence electrons. The molecule has 2 atom stereocenters. The molecule has 0 amide bonds. The van der Waals surface area contributed by atoms with Crippen LogP contribution in [0.25, 0.3) is 0 Å². The molecule has 0 bridgehead atoms. The number of halogens is 4. The van der Waals surface area contributed by atoms with E-state index in [1.165, 1.54) is 5.01 Å². The van der Waals surface area contributed by atoms with Gasteiger partial charge in [-0.1, -0.05) is 53.5 Å². The molecule has 2 heterocycles. The lowest BCUT2D eigenvalue weighted by atomic mass is 9.88. The van der Waals surface area contributed by atoms with E-state index in [4.69, 9.17) is 27.9 Å². The molecule has 2 saturated heterocycles. The number of nitrogens with one attached hydrogen (secondary N) is 1. The van der Waals surface area contributed by atoms with E-state index in [2.05, 4.69) is 5.43 Å². The van der Waals surface area contributed by atoms with Crippen LogP contribution >= 0.6 is 46.7 Å². The van der Waals surface area contributed by atoms with Crippen molar-refractivity contribution in [1.29, 1.82) is 0 Å². The number of hydrogen-bond donors (Lipinski definition) is 1. The molecule has 2 unspecified atom stereocenters. The van der Waals surface area contributed by atoms with Gasteiger partial charge >= 0.3 is 6.61 Å². The van der Waals surface area contributed by atoms with Gasteiger partial charge in [0.2, 0.25) is 0 Å². The zero-order valence-electron chi connectivity index (χ0n) is 12.9. The first-order valence-corrected chi connectivity index (χ1v) is 10.4. The first kappa shape index (κ1) is 19.0. The second kappa shape index (κ2) is 7.47. The van der Waals surface area contributed by atoms with Crippen molar-refractivity contribution in [3.8, 4) is 0 Å². The summed E-state index contributed by atoms with van der Waals surface area (Å²) < 4.78 is 28.9. The fourth-order valence-corrected chi connectivity index (χ4v) is 7.79. The summed E-state index contributed by atoms with van der Waals surface area (Å²) in [7, 11) is 1.62. The Morgan fingerprint density at radius 3 is 2.46 bits per heavy atom. The number of benzene rings is 1. The molecule has 0 aliphatic carbocycles. The van der Waals surface area contributed by atoms with E-state index in [-0.39, 0.29) is 4.58 Å². The largest absolute Gasteiger partial charge is 0.346 e. The van der Waals surface area contributed by atoms with E-state index in [1.807, 2.05) is 30.3 Å². The summed E-state index contributed by atoms with van der Waals surface area (Å²) in [5.74, 6) is 1.95. The molecule has 24 heavy (non-hydrogen) atoms. The Morgan fingerprint density at radius 1 is 1.25 bits per heavy atom. The van der Waals surface area contributed by atoms with Crippen LogP contribution in [0.15, 0.2) is 30.3 Å². The average molecular weight is 415 g/mol. The average Bonchev–Trinajstić information content (AvgIpc) is 2.77. The monoisotopic (exact) mass is 414 g/mol. The fourth-order valence-electron chi connectivity index (χ4n) is 3.17. The van der Waals surface area contributed by atoms with E-state index in [0.29, 0.717) is 0 Å². The topological polar surface area (TPSA) is 24.5 Å². The minimum Gasteiger partial charge on any atom is -0.299 e. The Labute approximate surface area is 158 Å². The molecule has 1 aromatic rings. The van der Waals surface area contributed by atoms with E-state index in [1.54, 1.807) is 30.6 Å². The molecule has 2 aliphatic heterocycles. The minimum atomic E-state index is -2.96. The quantitative estimate of drug-likeness (QED) is 0.741. The molecule has 0 radical (unpaired) electrons. The van der Waals surface area contributed by atoms with Crippen molar-refractivity contribution in [3.05, 3.63) is 35.9 Å². The van der Waals surface area contributed by atoms with Crippen molar-refractivity contribution < 1.29 is 13.5 Å². The van der Waals surface area contributed by atoms with Crippen molar-refractivity contribution in [3.63, 3.8) is 0 Å². The minimum absolute atomic E-state index is 0.0302. The normalized spacial score (nSPS) is 31.7. The second-order valence-electron chi connectivity index (χ2n) is 5.70. The summed E-state index contributed by atoms with van der Waals surface area (Å²) in [4.78, 5) is 0. The Kier molecular flexibility index (Phi) is 5.91. The van der Waals surface area contributed by atoms with Crippen molar-refractivity contribution in [2.75, 3.05) is 18.6 Å². The van der Waals surface area contributed by atoms with Crippen molar-refractivity contribution in [2.45, 2.75) is 33.7 Å². The fraction of sp³-hybridized carbons (Fsp3) is 0.600. The summed E-state index contributed by atoms with van der Waals surface area (Å²) in [6.45, 7) is -2.96. The van der Waals surface area contributed by atoms with Crippen LogP contribution in [0.5, 0.6) is 0 Å². The first-order valence-electron chi connectivity index (χ1n) is 7.50. The third-order valence-corrected chi connectivity index (χ3v) is 8.33. The number of hydrogen-bond acceptors (Lipinski definition) is 5. The standard InChI is InChI=1S/C15H18Cl2F2N2OS2/c1-21-11(22-13(18)19)15(16,17)14(20-21,10-6-3-2-4-7-10)12-23-8-5-9-24-12/h2-4,6-7,11-13,20H,5,8-9H2,1H3. The van der Waals surface area contributed by atoms with Crippen molar-refractivity contribution in [1.82, 2.24) is 10.4 Å². The van der Waals surface area contributed by atoms with Gasteiger partial charge in [0.05, 0.1) is 4.58 Å². The van der Waals surface area contributed by atoms with Gasteiger partial charge in [0, 0.05) is 7.05 Å². The highest BCUT2D eigenvalue weighted by Gasteiger charge is 2.67. The summed E-state index contributed by atoms with van der Waals surface area (Å²) >= 11 is 17.0. The highest BCUT2D eigenvalue weighted by Crippen LogP contribution is 2.58. The van der Waals surface area contributed by atoms with Crippen LogP contribution in [0.3, 0.4) is 0 Å². The number of ether oxygens (including phenoxy) is 1. The number of rotatable bonds is 4.